The van der Waals surface area contributed by atoms with Gasteiger partial charge in [-0.3, -0.25) is 4.79 Å². The van der Waals surface area contributed by atoms with Crippen molar-refractivity contribution in [2.24, 2.45) is 0 Å². The quantitative estimate of drug-likeness (QED) is 0.788. The molecule has 0 fully saturated rings. The van der Waals surface area contributed by atoms with E-state index in [1.807, 2.05) is 30.0 Å². The van der Waals surface area contributed by atoms with Crippen LogP contribution in [0.15, 0.2) is 53.4 Å². The molecule has 0 N–H and O–H groups in total. The Morgan fingerprint density at radius 3 is 2.73 bits per heavy atom. The number of fused-ring (bicyclic) bond motifs is 1. The summed E-state index contributed by atoms with van der Waals surface area (Å²) < 4.78 is 13.7. The Labute approximate surface area is 134 Å². The van der Waals surface area contributed by atoms with Gasteiger partial charge in [-0.15, -0.1) is 11.8 Å². The summed E-state index contributed by atoms with van der Waals surface area (Å²) in [6, 6.07) is 14.6. The van der Waals surface area contributed by atoms with Gasteiger partial charge >= 0.3 is 0 Å². The Hall–Kier alpha value is -1.81. The van der Waals surface area contributed by atoms with Gasteiger partial charge in [0.25, 0.3) is 0 Å². The third-order valence-corrected chi connectivity index (χ3v) is 5.00. The van der Waals surface area contributed by atoms with Crippen LogP contribution in [0, 0.1) is 5.82 Å². The molecule has 114 valence electrons. The molecule has 0 spiro atoms. The molecule has 1 heterocycles. The first-order valence-electron chi connectivity index (χ1n) is 7.47. The molecule has 1 aliphatic rings. The summed E-state index contributed by atoms with van der Waals surface area (Å²) in [5.41, 5.74) is 2.21. The molecular weight excluding hydrogens is 297 g/mol. The molecule has 0 aliphatic carbocycles. The highest BCUT2D eigenvalue weighted by molar-refractivity contribution is 8.00. The number of carbonyl (C=O) groups excluding carboxylic acids is 1. The van der Waals surface area contributed by atoms with Crippen LogP contribution in [0.4, 0.5) is 10.1 Å². The fraction of sp³-hybridized carbons (Fsp3) is 0.278. The third kappa shape index (κ3) is 3.02. The molecule has 0 saturated heterocycles. The lowest BCUT2D eigenvalue weighted by atomic mass is 10.0. The predicted octanol–water partition coefficient (Wildman–Crippen LogP) is 4.29. The Morgan fingerprint density at radius 2 is 1.91 bits per heavy atom. The fourth-order valence-corrected chi connectivity index (χ4v) is 3.71. The molecule has 1 amide bonds. The van der Waals surface area contributed by atoms with Crippen LogP contribution in [0.1, 0.15) is 18.9 Å². The highest BCUT2D eigenvalue weighted by atomic mass is 32.2. The summed E-state index contributed by atoms with van der Waals surface area (Å²) in [6.45, 7) is 2.58. The van der Waals surface area contributed by atoms with E-state index in [2.05, 4.69) is 6.07 Å². The van der Waals surface area contributed by atoms with Gasteiger partial charge in [-0.25, -0.2) is 4.39 Å². The number of nitrogens with zero attached hydrogens (tertiary/aromatic N) is 1. The molecule has 2 aromatic carbocycles. The highest BCUT2D eigenvalue weighted by Gasteiger charge is 2.27. The summed E-state index contributed by atoms with van der Waals surface area (Å²) in [4.78, 5) is 15.1. The average Bonchev–Trinajstić information content (AvgIpc) is 2.55. The van der Waals surface area contributed by atoms with Crippen LogP contribution in [-0.4, -0.2) is 17.7 Å². The minimum Gasteiger partial charge on any atom is -0.311 e. The zero-order valence-corrected chi connectivity index (χ0v) is 13.3. The average molecular weight is 315 g/mol. The lowest BCUT2D eigenvalue weighted by Crippen LogP contribution is -2.40. The Kier molecular flexibility index (Phi) is 4.48. The minimum absolute atomic E-state index is 0.0420. The van der Waals surface area contributed by atoms with E-state index in [1.165, 1.54) is 23.4 Å². The van der Waals surface area contributed by atoms with E-state index in [9.17, 15) is 9.18 Å². The predicted molar refractivity (Wildman–Crippen MR) is 88.8 cm³/mol. The van der Waals surface area contributed by atoms with E-state index in [4.69, 9.17) is 0 Å². The lowest BCUT2D eigenvalue weighted by molar-refractivity contribution is -0.117. The van der Waals surface area contributed by atoms with E-state index in [-0.39, 0.29) is 17.0 Å². The maximum Gasteiger partial charge on any atom is 0.240 e. The number of carbonyl (C=O) groups is 1. The van der Waals surface area contributed by atoms with Crippen molar-refractivity contribution in [3.05, 3.63) is 59.9 Å². The third-order valence-electron chi connectivity index (χ3n) is 3.86. The molecule has 1 aliphatic heterocycles. The largest absolute Gasteiger partial charge is 0.311 e. The summed E-state index contributed by atoms with van der Waals surface area (Å²) in [5, 5.41) is -0.317. The van der Waals surface area contributed by atoms with E-state index in [0.717, 1.165) is 25.1 Å². The van der Waals surface area contributed by atoms with Gasteiger partial charge in [0.1, 0.15) is 5.82 Å². The molecule has 2 nitrogen and oxygen atoms in total. The number of rotatable bonds is 3. The van der Waals surface area contributed by atoms with Crippen molar-refractivity contribution in [2.45, 2.75) is 29.9 Å². The monoisotopic (exact) mass is 315 g/mol. The van der Waals surface area contributed by atoms with Crippen LogP contribution in [-0.2, 0) is 11.2 Å². The lowest BCUT2D eigenvalue weighted by Gasteiger charge is -2.31. The van der Waals surface area contributed by atoms with Crippen LogP contribution < -0.4 is 4.90 Å². The van der Waals surface area contributed by atoms with Gasteiger partial charge in [0.05, 0.1) is 5.25 Å². The molecule has 0 aromatic heterocycles. The normalized spacial score (nSPS) is 15.3. The number of halogens is 1. The number of amides is 1. The van der Waals surface area contributed by atoms with Crippen molar-refractivity contribution in [3.8, 4) is 0 Å². The van der Waals surface area contributed by atoms with Crippen LogP contribution in [0.2, 0.25) is 0 Å². The van der Waals surface area contributed by atoms with E-state index >= 15 is 0 Å². The van der Waals surface area contributed by atoms with Crippen molar-refractivity contribution >= 4 is 23.4 Å². The molecule has 1 atom stereocenters. The van der Waals surface area contributed by atoms with Gasteiger partial charge in [-0.1, -0.05) is 30.3 Å². The molecule has 0 bridgehead atoms. The maximum atomic E-state index is 13.7. The minimum atomic E-state index is -0.317. The second-order valence-corrected chi connectivity index (χ2v) is 6.80. The molecule has 2 aromatic rings. The fourth-order valence-electron chi connectivity index (χ4n) is 2.76. The standard InChI is InChI=1S/C18H18FNOS/c1-13(22-17-11-5-3-9-15(17)19)18(21)20-12-6-8-14-7-2-4-10-16(14)20/h2-5,7,9-11,13H,6,8,12H2,1H3. The number of benzene rings is 2. The highest BCUT2D eigenvalue weighted by Crippen LogP contribution is 2.31. The van der Waals surface area contributed by atoms with Crippen molar-refractivity contribution in [3.63, 3.8) is 0 Å². The number of hydrogen-bond acceptors (Lipinski definition) is 2. The Morgan fingerprint density at radius 1 is 1.18 bits per heavy atom. The molecule has 1 unspecified atom stereocenters. The maximum absolute atomic E-state index is 13.7. The Balaban J connectivity index is 1.78. The summed E-state index contributed by atoms with van der Waals surface area (Å²) in [5.74, 6) is -0.230. The molecule has 0 saturated carbocycles. The van der Waals surface area contributed by atoms with E-state index in [0.29, 0.717) is 4.90 Å². The molecule has 22 heavy (non-hydrogen) atoms. The van der Waals surface area contributed by atoms with E-state index < -0.39 is 0 Å². The second-order valence-electron chi connectivity index (χ2n) is 5.41. The van der Waals surface area contributed by atoms with Gasteiger partial charge in [0, 0.05) is 17.1 Å². The van der Waals surface area contributed by atoms with Gasteiger partial charge in [0.2, 0.25) is 5.91 Å². The van der Waals surface area contributed by atoms with Crippen LogP contribution in [0.5, 0.6) is 0 Å². The van der Waals surface area contributed by atoms with E-state index in [1.54, 1.807) is 18.2 Å². The SMILES string of the molecule is CC(Sc1ccccc1F)C(=O)N1CCCc2ccccc21. The molecule has 4 heteroatoms. The van der Waals surface area contributed by atoms with Crippen LogP contribution in [0.25, 0.3) is 0 Å². The molecular formula is C18H18FNOS. The number of thioether (sulfide) groups is 1. The summed E-state index contributed by atoms with van der Waals surface area (Å²) >= 11 is 1.28. The van der Waals surface area contributed by atoms with Gasteiger partial charge in [-0.2, -0.15) is 0 Å². The van der Waals surface area contributed by atoms with Crippen molar-refractivity contribution < 1.29 is 9.18 Å². The van der Waals surface area contributed by atoms with Crippen LogP contribution >= 0.6 is 11.8 Å². The first-order valence-corrected chi connectivity index (χ1v) is 8.35. The van der Waals surface area contributed by atoms with Crippen LogP contribution in [0.3, 0.4) is 0 Å². The number of para-hydroxylation sites is 1. The van der Waals surface area contributed by atoms with Gasteiger partial charge in [-0.05, 0) is 43.5 Å². The zero-order chi connectivity index (χ0) is 15.5. The van der Waals surface area contributed by atoms with Crippen molar-refractivity contribution in [1.82, 2.24) is 0 Å². The van der Waals surface area contributed by atoms with Crippen molar-refractivity contribution in [1.29, 1.82) is 0 Å². The number of hydrogen-bond donors (Lipinski definition) is 0. The topological polar surface area (TPSA) is 20.3 Å². The summed E-state index contributed by atoms with van der Waals surface area (Å²) in [7, 11) is 0. The van der Waals surface area contributed by atoms with Crippen molar-refractivity contribution in [2.75, 3.05) is 11.4 Å². The first kappa shape index (κ1) is 15.1. The van der Waals surface area contributed by atoms with Gasteiger partial charge in [0.15, 0.2) is 0 Å². The zero-order valence-electron chi connectivity index (χ0n) is 12.5. The number of anilines is 1. The van der Waals surface area contributed by atoms with Gasteiger partial charge < -0.3 is 4.90 Å². The number of aryl methyl sites for hydroxylation is 1. The molecule has 0 radical (unpaired) electrons. The first-order chi connectivity index (χ1) is 10.7. The molecule has 3 rings (SSSR count). The smallest absolute Gasteiger partial charge is 0.240 e. The second kappa shape index (κ2) is 6.53. The summed E-state index contributed by atoms with van der Waals surface area (Å²) in [6.07, 6.45) is 1.98. The Bertz CT molecular complexity index is 688.